The summed E-state index contributed by atoms with van der Waals surface area (Å²) in [6.07, 6.45) is 4.42. The highest BCUT2D eigenvalue weighted by atomic mass is 16.5. The molecule has 2 N–H and O–H groups in total. The minimum atomic E-state index is -0.373. The van der Waals surface area contributed by atoms with E-state index in [0.717, 1.165) is 5.39 Å². The number of carbonyl (C=O) groups is 1. The number of para-hydroxylation sites is 1. The Bertz CT molecular complexity index is 1090. The average molecular weight is 349 g/mol. The summed E-state index contributed by atoms with van der Waals surface area (Å²) in [5.41, 5.74) is 7.57. The van der Waals surface area contributed by atoms with Crippen LogP contribution >= 0.6 is 0 Å². The monoisotopic (exact) mass is 349 g/mol. The molecule has 1 aromatic carbocycles. The van der Waals surface area contributed by atoms with Gasteiger partial charge in [-0.25, -0.2) is 9.97 Å². The summed E-state index contributed by atoms with van der Waals surface area (Å²) in [6.45, 7) is 2.36. The zero-order chi connectivity index (χ0) is 17.9. The fourth-order valence-corrected chi connectivity index (χ4v) is 2.59. The van der Waals surface area contributed by atoms with Gasteiger partial charge in [-0.05, 0) is 25.1 Å². The fraction of sp³-hybridized carbons (Fsp3) is 0.111. The zero-order valence-electron chi connectivity index (χ0n) is 13.9. The summed E-state index contributed by atoms with van der Waals surface area (Å²) in [6, 6.07) is 9.17. The van der Waals surface area contributed by atoms with E-state index in [-0.39, 0.29) is 5.91 Å². The highest BCUT2D eigenvalue weighted by Crippen LogP contribution is 2.29. The lowest BCUT2D eigenvalue weighted by Crippen LogP contribution is -2.30. The first-order valence-electron chi connectivity index (χ1n) is 8.02. The summed E-state index contributed by atoms with van der Waals surface area (Å²) in [7, 11) is 0. The van der Waals surface area contributed by atoms with Crippen LogP contribution < -0.4 is 15.6 Å². The van der Waals surface area contributed by atoms with Crippen LogP contribution in [-0.4, -0.2) is 27.5 Å². The third kappa shape index (κ3) is 2.88. The van der Waals surface area contributed by atoms with Crippen molar-refractivity contribution in [2.24, 2.45) is 0 Å². The minimum absolute atomic E-state index is 0.360. The van der Waals surface area contributed by atoms with Crippen molar-refractivity contribution in [2.75, 3.05) is 12.0 Å². The topological polar surface area (TPSA) is 102 Å². The van der Waals surface area contributed by atoms with Crippen molar-refractivity contribution in [1.29, 1.82) is 0 Å². The van der Waals surface area contributed by atoms with Gasteiger partial charge in [0.1, 0.15) is 23.2 Å². The van der Waals surface area contributed by atoms with Gasteiger partial charge >= 0.3 is 0 Å². The lowest BCUT2D eigenvalue weighted by molar-refractivity contribution is 0.0961. The number of ether oxygens (including phenoxy) is 1. The molecular weight excluding hydrogens is 334 g/mol. The van der Waals surface area contributed by atoms with Crippen LogP contribution in [0.25, 0.3) is 22.1 Å². The average Bonchev–Trinajstić information content (AvgIpc) is 3.06. The molecule has 26 heavy (non-hydrogen) atoms. The van der Waals surface area contributed by atoms with E-state index in [9.17, 15) is 4.79 Å². The van der Waals surface area contributed by atoms with E-state index in [2.05, 4.69) is 25.8 Å². The number of hydrogen-bond donors (Lipinski definition) is 2. The molecule has 0 radical (unpaired) electrons. The molecule has 0 saturated heterocycles. The first-order valence-corrected chi connectivity index (χ1v) is 8.02. The molecule has 0 aliphatic rings. The lowest BCUT2D eigenvalue weighted by atomic mass is 10.2. The van der Waals surface area contributed by atoms with Gasteiger partial charge in [0, 0.05) is 11.6 Å². The molecule has 0 aliphatic carbocycles. The number of furan rings is 1. The molecule has 4 rings (SSSR count). The standard InChI is InChI=1S/C18H15N5O3/c1-2-25-12-7-11(8-19-9-12)18(24)23-22-17-16-15(20-10-21-17)13-5-3-4-6-14(13)26-16/h3-10H,2H2,1H3,(H,23,24)(H,20,21,22). The Balaban J connectivity index is 1.58. The smallest absolute Gasteiger partial charge is 0.271 e. The van der Waals surface area contributed by atoms with Crippen LogP contribution in [-0.2, 0) is 0 Å². The Hall–Kier alpha value is -3.68. The van der Waals surface area contributed by atoms with E-state index in [4.69, 9.17) is 9.15 Å². The third-order valence-corrected chi connectivity index (χ3v) is 3.74. The van der Waals surface area contributed by atoms with Crippen molar-refractivity contribution in [3.63, 3.8) is 0 Å². The molecular formula is C18H15N5O3. The maximum atomic E-state index is 12.3. The normalized spacial score (nSPS) is 10.8. The first-order chi connectivity index (χ1) is 12.8. The van der Waals surface area contributed by atoms with E-state index >= 15 is 0 Å². The zero-order valence-corrected chi connectivity index (χ0v) is 13.9. The van der Waals surface area contributed by atoms with Crippen molar-refractivity contribution in [3.8, 4) is 5.75 Å². The second kappa shape index (κ2) is 6.67. The number of benzene rings is 1. The number of amides is 1. The Morgan fingerprint density at radius 1 is 1.23 bits per heavy atom. The molecule has 8 nitrogen and oxygen atoms in total. The number of anilines is 1. The van der Waals surface area contributed by atoms with E-state index in [1.807, 2.05) is 31.2 Å². The van der Waals surface area contributed by atoms with Crippen molar-refractivity contribution >= 4 is 33.8 Å². The van der Waals surface area contributed by atoms with Crippen LogP contribution in [0.1, 0.15) is 17.3 Å². The maximum absolute atomic E-state index is 12.3. The van der Waals surface area contributed by atoms with Crippen LogP contribution in [0.15, 0.2) is 53.5 Å². The number of pyridine rings is 1. The Labute approximate surface area is 148 Å². The summed E-state index contributed by atoms with van der Waals surface area (Å²) in [5.74, 6) is 0.525. The number of nitrogens with one attached hydrogen (secondary N) is 2. The molecule has 4 aromatic rings. The number of hydrogen-bond acceptors (Lipinski definition) is 7. The van der Waals surface area contributed by atoms with Crippen LogP contribution in [0.2, 0.25) is 0 Å². The molecule has 0 atom stereocenters. The predicted octanol–water partition coefficient (Wildman–Crippen LogP) is 2.93. The van der Waals surface area contributed by atoms with Crippen LogP contribution in [0.5, 0.6) is 5.75 Å². The largest absolute Gasteiger partial charge is 0.492 e. The van der Waals surface area contributed by atoms with Gasteiger partial charge in [0.15, 0.2) is 11.4 Å². The number of nitrogens with zero attached hydrogens (tertiary/aromatic N) is 3. The van der Waals surface area contributed by atoms with E-state index in [1.165, 1.54) is 12.5 Å². The third-order valence-electron chi connectivity index (χ3n) is 3.74. The van der Waals surface area contributed by atoms with Crippen molar-refractivity contribution in [3.05, 3.63) is 54.6 Å². The van der Waals surface area contributed by atoms with E-state index < -0.39 is 0 Å². The number of rotatable bonds is 5. The Kier molecular flexibility index (Phi) is 4.06. The van der Waals surface area contributed by atoms with Gasteiger partial charge in [-0.15, -0.1) is 0 Å². The molecule has 3 heterocycles. The van der Waals surface area contributed by atoms with Crippen molar-refractivity contribution < 1.29 is 13.9 Å². The van der Waals surface area contributed by atoms with Gasteiger partial charge in [-0.3, -0.25) is 20.6 Å². The molecule has 0 aliphatic heterocycles. The molecule has 0 bridgehead atoms. The number of hydrazine groups is 1. The van der Waals surface area contributed by atoms with Crippen LogP contribution in [0.4, 0.5) is 5.82 Å². The van der Waals surface area contributed by atoms with Gasteiger partial charge in [-0.2, -0.15) is 0 Å². The van der Waals surface area contributed by atoms with Gasteiger partial charge in [-0.1, -0.05) is 12.1 Å². The summed E-state index contributed by atoms with van der Waals surface area (Å²) < 4.78 is 11.2. The van der Waals surface area contributed by atoms with E-state index in [1.54, 1.807) is 12.3 Å². The van der Waals surface area contributed by atoms with Crippen LogP contribution in [0.3, 0.4) is 0 Å². The summed E-state index contributed by atoms with van der Waals surface area (Å²) >= 11 is 0. The van der Waals surface area contributed by atoms with Gasteiger partial charge in [0.2, 0.25) is 0 Å². The number of fused-ring (bicyclic) bond motifs is 3. The molecule has 3 aromatic heterocycles. The quantitative estimate of drug-likeness (QED) is 0.534. The van der Waals surface area contributed by atoms with Crippen LogP contribution in [0, 0.1) is 0 Å². The lowest BCUT2D eigenvalue weighted by Gasteiger charge is -2.08. The molecule has 0 saturated carbocycles. The summed E-state index contributed by atoms with van der Waals surface area (Å²) in [4.78, 5) is 24.7. The molecule has 8 heteroatoms. The Morgan fingerprint density at radius 3 is 3.00 bits per heavy atom. The highest BCUT2D eigenvalue weighted by molar-refractivity contribution is 6.05. The summed E-state index contributed by atoms with van der Waals surface area (Å²) in [5, 5.41) is 0.882. The predicted molar refractivity (Wildman–Crippen MR) is 95.8 cm³/mol. The maximum Gasteiger partial charge on any atom is 0.271 e. The molecule has 130 valence electrons. The van der Waals surface area contributed by atoms with Gasteiger partial charge in [0.05, 0.1) is 18.4 Å². The van der Waals surface area contributed by atoms with E-state index in [0.29, 0.717) is 40.4 Å². The second-order valence-corrected chi connectivity index (χ2v) is 5.42. The number of aromatic nitrogens is 3. The fourth-order valence-electron chi connectivity index (χ4n) is 2.59. The van der Waals surface area contributed by atoms with Crippen molar-refractivity contribution in [1.82, 2.24) is 20.4 Å². The van der Waals surface area contributed by atoms with Crippen molar-refractivity contribution in [2.45, 2.75) is 6.92 Å². The Morgan fingerprint density at radius 2 is 2.12 bits per heavy atom. The number of carbonyl (C=O) groups excluding carboxylic acids is 1. The SMILES string of the molecule is CCOc1cncc(C(=O)NNc2ncnc3c2oc2ccccc23)c1. The molecule has 0 unspecified atom stereocenters. The van der Waals surface area contributed by atoms with Gasteiger partial charge < -0.3 is 9.15 Å². The van der Waals surface area contributed by atoms with Gasteiger partial charge in [0.25, 0.3) is 5.91 Å². The second-order valence-electron chi connectivity index (χ2n) is 5.42. The molecule has 1 amide bonds. The highest BCUT2D eigenvalue weighted by Gasteiger charge is 2.14. The minimum Gasteiger partial charge on any atom is -0.492 e. The first kappa shape index (κ1) is 15.8. The molecule has 0 spiro atoms. The molecule has 0 fully saturated rings.